The number of amides is 1. The number of hydrogen-bond acceptors (Lipinski definition) is 6. The number of aromatic nitrogens is 2. The van der Waals surface area contributed by atoms with E-state index in [4.69, 9.17) is 14.0 Å². The molecule has 0 saturated carbocycles. The van der Waals surface area contributed by atoms with Gasteiger partial charge in [0.25, 0.3) is 11.8 Å². The van der Waals surface area contributed by atoms with Crippen LogP contribution in [-0.4, -0.2) is 48.3 Å². The highest BCUT2D eigenvalue weighted by Crippen LogP contribution is 2.17. The van der Waals surface area contributed by atoms with Crippen molar-refractivity contribution in [3.63, 3.8) is 0 Å². The van der Waals surface area contributed by atoms with Crippen LogP contribution >= 0.6 is 0 Å². The first-order chi connectivity index (χ1) is 13.2. The summed E-state index contributed by atoms with van der Waals surface area (Å²) in [6.07, 6.45) is 0.501. The molecule has 3 aromatic rings. The average Bonchev–Trinajstić information content (AvgIpc) is 3.20. The highest BCUT2D eigenvalue weighted by Gasteiger charge is 2.13. The molecular formula is C20H21N3O4. The summed E-state index contributed by atoms with van der Waals surface area (Å²) >= 11 is 0. The SMILES string of the molecule is COc1ccc(OCC(=O)N(C)CCc2noc(-c3ccccc3)n2)cc1. The molecule has 1 amide bonds. The summed E-state index contributed by atoms with van der Waals surface area (Å²) in [6.45, 7) is 0.433. The number of carbonyl (C=O) groups excluding carboxylic acids is 1. The lowest BCUT2D eigenvalue weighted by Gasteiger charge is -2.16. The third-order valence-corrected chi connectivity index (χ3v) is 4.01. The van der Waals surface area contributed by atoms with Crippen LogP contribution in [0.15, 0.2) is 59.1 Å². The van der Waals surface area contributed by atoms with Gasteiger partial charge in [-0.2, -0.15) is 4.98 Å². The molecule has 1 heterocycles. The van der Waals surface area contributed by atoms with Gasteiger partial charge in [0, 0.05) is 25.6 Å². The van der Waals surface area contributed by atoms with Gasteiger partial charge in [0.1, 0.15) is 11.5 Å². The van der Waals surface area contributed by atoms with Crippen molar-refractivity contribution in [1.29, 1.82) is 0 Å². The number of carbonyl (C=O) groups is 1. The lowest BCUT2D eigenvalue weighted by Crippen LogP contribution is -2.33. The number of benzene rings is 2. The number of likely N-dealkylation sites (N-methyl/N-ethyl adjacent to an activating group) is 1. The number of rotatable bonds is 8. The smallest absolute Gasteiger partial charge is 0.260 e. The van der Waals surface area contributed by atoms with E-state index < -0.39 is 0 Å². The third kappa shape index (κ3) is 5.07. The molecule has 0 radical (unpaired) electrons. The van der Waals surface area contributed by atoms with Crippen molar-refractivity contribution in [2.45, 2.75) is 6.42 Å². The van der Waals surface area contributed by atoms with Gasteiger partial charge < -0.3 is 18.9 Å². The molecule has 0 bridgehead atoms. The first-order valence-corrected chi connectivity index (χ1v) is 8.54. The number of nitrogens with zero attached hydrogens (tertiary/aromatic N) is 3. The fourth-order valence-corrected chi connectivity index (χ4v) is 2.37. The lowest BCUT2D eigenvalue weighted by atomic mass is 10.2. The molecule has 2 aromatic carbocycles. The molecule has 3 rings (SSSR count). The number of methoxy groups -OCH3 is 1. The van der Waals surface area contributed by atoms with Crippen LogP contribution in [0.1, 0.15) is 5.82 Å². The highest BCUT2D eigenvalue weighted by atomic mass is 16.5. The molecule has 0 fully saturated rings. The van der Waals surface area contributed by atoms with E-state index in [0.29, 0.717) is 30.4 Å². The van der Waals surface area contributed by atoms with Crippen LogP contribution in [0.5, 0.6) is 11.5 Å². The van der Waals surface area contributed by atoms with E-state index in [9.17, 15) is 4.79 Å². The molecule has 0 atom stereocenters. The second-order valence-corrected chi connectivity index (χ2v) is 5.91. The summed E-state index contributed by atoms with van der Waals surface area (Å²) in [6, 6.07) is 16.6. The largest absolute Gasteiger partial charge is 0.497 e. The Bertz CT molecular complexity index is 862. The van der Waals surface area contributed by atoms with Gasteiger partial charge >= 0.3 is 0 Å². The van der Waals surface area contributed by atoms with Crippen molar-refractivity contribution in [1.82, 2.24) is 15.0 Å². The summed E-state index contributed by atoms with van der Waals surface area (Å²) in [5.41, 5.74) is 0.869. The van der Waals surface area contributed by atoms with Gasteiger partial charge in [0.05, 0.1) is 7.11 Å². The van der Waals surface area contributed by atoms with E-state index in [1.807, 2.05) is 30.3 Å². The fourth-order valence-electron chi connectivity index (χ4n) is 2.37. The Hall–Kier alpha value is -3.35. The molecule has 0 saturated heterocycles. The first-order valence-electron chi connectivity index (χ1n) is 8.54. The molecule has 140 valence electrons. The maximum absolute atomic E-state index is 12.2. The Labute approximate surface area is 157 Å². The lowest BCUT2D eigenvalue weighted by molar-refractivity contribution is -0.132. The number of hydrogen-bond donors (Lipinski definition) is 0. The average molecular weight is 367 g/mol. The van der Waals surface area contributed by atoms with E-state index in [1.54, 1.807) is 43.3 Å². The minimum atomic E-state index is -0.127. The van der Waals surface area contributed by atoms with Gasteiger partial charge in [-0.15, -0.1) is 0 Å². The Morgan fingerprint density at radius 3 is 2.48 bits per heavy atom. The van der Waals surface area contributed by atoms with Crippen LogP contribution in [0, 0.1) is 0 Å². The minimum absolute atomic E-state index is 0.0374. The molecule has 0 aliphatic carbocycles. The first kappa shape index (κ1) is 18.4. The Kier molecular flexibility index (Phi) is 6.04. The van der Waals surface area contributed by atoms with E-state index in [1.165, 1.54) is 0 Å². The van der Waals surface area contributed by atoms with E-state index >= 15 is 0 Å². The molecule has 0 aliphatic rings. The van der Waals surface area contributed by atoms with E-state index in [-0.39, 0.29) is 12.5 Å². The van der Waals surface area contributed by atoms with Crippen molar-refractivity contribution in [2.24, 2.45) is 0 Å². The van der Waals surface area contributed by atoms with Crippen LogP contribution in [0.2, 0.25) is 0 Å². The summed E-state index contributed by atoms with van der Waals surface area (Å²) in [5, 5.41) is 3.97. The van der Waals surface area contributed by atoms with Gasteiger partial charge in [-0.05, 0) is 36.4 Å². The van der Waals surface area contributed by atoms with Crippen LogP contribution in [0.25, 0.3) is 11.5 Å². The van der Waals surface area contributed by atoms with E-state index in [2.05, 4.69) is 10.1 Å². The highest BCUT2D eigenvalue weighted by molar-refractivity contribution is 5.77. The molecule has 0 aliphatic heterocycles. The second kappa shape index (κ2) is 8.84. The topological polar surface area (TPSA) is 77.7 Å². The summed E-state index contributed by atoms with van der Waals surface area (Å²) in [4.78, 5) is 18.1. The fraction of sp³-hybridized carbons (Fsp3) is 0.250. The zero-order chi connectivity index (χ0) is 19.1. The van der Waals surface area contributed by atoms with Gasteiger partial charge in [-0.25, -0.2) is 0 Å². The van der Waals surface area contributed by atoms with Crippen molar-refractivity contribution < 1.29 is 18.8 Å². The zero-order valence-electron chi connectivity index (χ0n) is 15.3. The quantitative estimate of drug-likeness (QED) is 0.609. The van der Waals surface area contributed by atoms with Crippen LogP contribution < -0.4 is 9.47 Å². The monoisotopic (exact) mass is 367 g/mol. The second-order valence-electron chi connectivity index (χ2n) is 5.91. The molecule has 0 spiro atoms. The van der Waals surface area contributed by atoms with Crippen molar-refractivity contribution >= 4 is 5.91 Å². The van der Waals surface area contributed by atoms with Gasteiger partial charge in [0.2, 0.25) is 0 Å². The molecule has 27 heavy (non-hydrogen) atoms. The van der Waals surface area contributed by atoms with Crippen molar-refractivity contribution in [3.8, 4) is 23.0 Å². The summed E-state index contributed by atoms with van der Waals surface area (Å²) < 4.78 is 15.9. The Morgan fingerprint density at radius 2 is 1.78 bits per heavy atom. The van der Waals surface area contributed by atoms with Crippen LogP contribution in [0.3, 0.4) is 0 Å². The summed E-state index contributed by atoms with van der Waals surface area (Å²) in [7, 11) is 3.32. The maximum Gasteiger partial charge on any atom is 0.260 e. The molecule has 1 aromatic heterocycles. The molecular weight excluding hydrogens is 346 g/mol. The van der Waals surface area contributed by atoms with Crippen molar-refractivity contribution in [2.75, 3.05) is 27.3 Å². The van der Waals surface area contributed by atoms with Gasteiger partial charge in [-0.3, -0.25) is 4.79 Å². The standard InChI is InChI=1S/C20H21N3O4/c1-23(19(24)14-26-17-10-8-16(25-2)9-11-17)13-12-18-21-20(27-22-18)15-6-4-3-5-7-15/h3-11H,12-14H2,1-2H3. The predicted octanol–water partition coefficient (Wildman–Crippen LogP) is 2.83. The molecule has 0 N–H and O–H groups in total. The molecule has 0 unspecified atom stereocenters. The van der Waals surface area contributed by atoms with Gasteiger partial charge in [-0.1, -0.05) is 23.4 Å². The minimum Gasteiger partial charge on any atom is -0.497 e. The maximum atomic E-state index is 12.2. The van der Waals surface area contributed by atoms with Crippen molar-refractivity contribution in [3.05, 3.63) is 60.4 Å². The zero-order valence-corrected chi connectivity index (χ0v) is 15.3. The molecule has 7 nitrogen and oxygen atoms in total. The predicted molar refractivity (Wildman–Crippen MR) is 99.6 cm³/mol. The Morgan fingerprint density at radius 1 is 1.07 bits per heavy atom. The number of ether oxygens (including phenoxy) is 2. The third-order valence-electron chi connectivity index (χ3n) is 4.01. The summed E-state index contributed by atoms with van der Waals surface area (Å²) in [5.74, 6) is 2.26. The van der Waals surface area contributed by atoms with E-state index in [0.717, 1.165) is 11.3 Å². The van der Waals surface area contributed by atoms with Gasteiger partial charge in [0.15, 0.2) is 12.4 Å². The normalized spacial score (nSPS) is 10.4. The Balaban J connectivity index is 1.46. The van der Waals surface area contributed by atoms with Crippen LogP contribution in [0.4, 0.5) is 0 Å². The van der Waals surface area contributed by atoms with Crippen LogP contribution in [-0.2, 0) is 11.2 Å². The molecule has 7 heteroatoms.